The Bertz CT molecular complexity index is 911. The molecule has 0 atom stereocenters. The maximum absolute atomic E-state index is 11.9. The topological polar surface area (TPSA) is 132 Å². The van der Waals surface area contributed by atoms with Crippen LogP contribution < -0.4 is 20.2 Å². The first-order chi connectivity index (χ1) is 13.9. The second kappa shape index (κ2) is 10.4. The molecule has 0 aliphatic heterocycles. The highest BCUT2D eigenvalue weighted by Gasteiger charge is 2.09. The fraction of sp³-hybridized carbons (Fsp3) is 0.211. The lowest BCUT2D eigenvalue weighted by Crippen LogP contribution is -2.20. The summed E-state index contributed by atoms with van der Waals surface area (Å²) >= 11 is 0. The number of nitrogens with one attached hydrogen (secondary N) is 2. The Morgan fingerprint density at radius 3 is 2.38 bits per heavy atom. The molecule has 0 heterocycles. The van der Waals surface area contributed by atoms with Crippen LogP contribution in [0.3, 0.4) is 0 Å². The van der Waals surface area contributed by atoms with Crippen molar-refractivity contribution in [3.63, 3.8) is 0 Å². The van der Waals surface area contributed by atoms with Gasteiger partial charge < -0.3 is 14.8 Å². The van der Waals surface area contributed by atoms with Crippen molar-refractivity contribution in [3.05, 3.63) is 58.1 Å². The van der Waals surface area contributed by atoms with Crippen molar-refractivity contribution >= 4 is 29.4 Å². The van der Waals surface area contributed by atoms with Gasteiger partial charge in [0.1, 0.15) is 11.5 Å². The second-order valence-corrected chi connectivity index (χ2v) is 5.75. The second-order valence-electron chi connectivity index (χ2n) is 5.75. The highest BCUT2D eigenvalue weighted by atomic mass is 16.6. The molecule has 0 unspecified atom stereocenters. The van der Waals surface area contributed by atoms with Crippen LogP contribution in [0.4, 0.5) is 11.4 Å². The number of carbonyl (C=O) groups excluding carboxylic acids is 2. The minimum atomic E-state index is -0.530. The number of non-ortho nitro benzene ring substituents is 1. The number of nitrogens with zero attached hydrogens (tertiary/aromatic N) is 2. The molecule has 0 spiro atoms. The predicted molar refractivity (Wildman–Crippen MR) is 106 cm³/mol. The van der Waals surface area contributed by atoms with Crippen LogP contribution in [0.25, 0.3) is 0 Å². The largest absolute Gasteiger partial charge is 0.497 e. The lowest BCUT2D eigenvalue weighted by atomic mass is 10.2. The monoisotopic (exact) mass is 400 g/mol. The molecule has 0 radical (unpaired) electrons. The molecular formula is C19H20N4O6. The van der Waals surface area contributed by atoms with Crippen LogP contribution >= 0.6 is 0 Å². The SMILES string of the molecule is COc1ccc(/C=N\NC(=O)CCC(=O)Nc2ccc([N+](=O)[O-])cc2)c(OC)c1. The number of anilines is 1. The summed E-state index contributed by atoms with van der Waals surface area (Å²) in [6, 6.07) is 10.5. The van der Waals surface area contributed by atoms with Crippen LogP contribution in [0.1, 0.15) is 18.4 Å². The molecule has 0 aliphatic carbocycles. The summed E-state index contributed by atoms with van der Waals surface area (Å²) in [7, 11) is 3.05. The van der Waals surface area contributed by atoms with Gasteiger partial charge in [-0.2, -0.15) is 5.10 Å². The van der Waals surface area contributed by atoms with Gasteiger partial charge in [-0.25, -0.2) is 5.43 Å². The zero-order chi connectivity index (χ0) is 21.2. The summed E-state index contributed by atoms with van der Waals surface area (Å²) in [5.41, 5.74) is 3.31. The number of hydrogen-bond acceptors (Lipinski definition) is 7. The highest BCUT2D eigenvalue weighted by Crippen LogP contribution is 2.23. The van der Waals surface area contributed by atoms with Gasteiger partial charge in [0.25, 0.3) is 5.69 Å². The van der Waals surface area contributed by atoms with Gasteiger partial charge in [0.2, 0.25) is 11.8 Å². The van der Waals surface area contributed by atoms with Gasteiger partial charge in [-0.1, -0.05) is 0 Å². The average molecular weight is 400 g/mol. The van der Waals surface area contributed by atoms with Crippen LogP contribution in [-0.2, 0) is 9.59 Å². The van der Waals surface area contributed by atoms with Crippen molar-refractivity contribution in [2.75, 3.05) is 19.5 Å². The quantitative estimate of drug-likeness (QED) is 0.377. The molecule has 0 aliphatic rings. The van der Waals surface area contributed by atoms with Crippen LogP contribution in [0.5, 0.6) is 11.5 Å². The Kier molecular flexibility index (Phi) is 7.66. The molecule has 10 nitrogen and oxygen atoms in total. The fourth-order valence-corrected chi connectivity index (χ4v) is 2.27. The molecule has 2 aromatic carbocycles. The third kappa shape index (κ3) is 6.61. The Morgan fingerprint density at radius 1 is 1.07 bits per heavy atom. The average Bonchev–Trinajstić information content (AvgIpc) is 2.72. The van der Waals surface area contributed by atoms with E-state index in [2.05, 4.69) is 15.8 Å². The molecule has 0 aromatic heterocycles. The Labute approximate surface area is 166 Å². The molecular weight excluding hydrogens is 380 g/mol. The van der Waals surface area contributed by atoms with Gasteiger partial charge >= 0.3 is 0 Å². The molecule has 10 heteroatoms. The molecule has 2 rings (SSSR count). The third-order valence-corrected chi connectivity index (χ3v) is 3.77. The Hall–Kier alpha value is -3.95. The van der Waals surface area contributed by atoms with E-state index < -0.39 is 16.7 Å². The van der Waals surface area contributed by atoms with E-state index in [1.807, 2.05) is 0 Å². The number of nitro benzene ring substituents is 1. The van der Waals surface area contributed by atoms with Crippen LogP contribution in [0.15, 0.2) is 47.6 Å². The van der Waals surface area contributed by atoms with E-state index in [-0.39, 0.29) is 18.5 Å². The molecule has 2 amide bonds. The minimum absolute atomic E-state index is 0.0653. The van der Waals surface area contributed by atoms with Crippen molar-refractivity contribution in [3.8, 4) is 11.5 Å². The lowest BCUT2D eigenvalue weighted by Gasteiger charge is -2.07. The standard InChI is InChI=1S/C19H20N4O6/c1-28-16-8-3-13(17(11-16)29-2)12-20-22-19(25)10-9-18(24)21-14-4-6-15(7-5-14)23(26)27/h3-8,11-12H,9-10H2,1-2H3,(H,21,24)(H,22,25)/b20-12-. The van der Waals surface area contributed by atoms with Gasteiger partial charge in [-0.05, 0) is 24.3 Å². The number of ether oxygens (including phenoxy) is 2. The molecule has 152 valence electrons. The van der Waals surface area contributed by atoms with Gasteiger partial charge in [0, 0.05) is 42.3 Å². The molecule has 29 heavy (non-hydrogen) atoms. The number of amides is 2. The zero-order valence-corrected chi connectivity index (χ0v) is 15.9. The zero-order valence-electron chi connectivity index (χ0n) is 15.9. The van der Waals surface area contributed by atoms with Gasteiger partial charge in [0.15, 0.2) is 0 Å². The maximum Gasteiger partial charge on any atom is 0.269 e. The van der Waals surface area contributed by atoms with E-state index in [1.165, 1.54) is 37.6 Å². The van der Waals surface area contributed by atoms with Crippen LogP contribution in [-0.4, -0.2) is 37.2 Å². The molecule has 2 aromatic rings. The number of hydrazone groups is 1. The number of nitro groups is 1. The third-order valence-electron chi connectivity index (χ3n) is 3.77. The van der Waals surface area contributed by atoms with Crippen molar-refractivity contribution in [1.82, 2.24) is 5.43 Å². The minimum Gasteiger partial charge on any atom is -0.497 e. The van der Waals surface area contributed by atoms with E-state index in [9.17, 15) is 19.7 Å². The van der Waals surface area contributed by atoms with Gasteiger partial charge in [-0.15, -0.1) is 0 Å². The van der Waals surface area contributed by atoms with E-state index >= 15 is 0 Å². The molecule has 0 bridgehead atoms. The smallest absolute Gasteiger partial charge is 0.269 e. The summed E-state index contributed by atoms with van der Waals surface area (Å²) in [5, 5.41) is 17.0. The van der Waals surface area contributed by atoms with Crippen LogP contribution in [0.2, 0.25) is 0 Å². The molecule has 0 fully saturated rings. The molecule has 0 saturated carbocycles. The normalized spacial score (nSPS) is 10.4. The van der Waals surface area contributed by atoms with Crippen molar-refractivity contribution < 1.29 is 24.0 Å². The van der Waals surface area contributed by atoms with Crippen molar-refractivity contribution in [2.45, 2.75) is 12.8 Å². The Morgan fingerprint density at radius 2 is 1.76 bits per heavy atom. The van der Waals surface area contributed by atoms with Crippen LogP contribution in [0, 0.1) is 10.1 Å². The summed E-state index contributed by atoms with van der Waals surface area (Å²) < 4.78 is 10.3. The fourth-order valence-electron chi connectivity index (χ4n) is 2.27. The number of rotatable bonds is 9. The summed E-state index contributed by atoms with van der Waals surface area (Å²) in [6.07, 6.45) is 1.28. The number of methoxy groups -OCH3 is 2. The van der Waals surface area contributed by atoms with E-state index in [0.717, 1.165) is 0 Å². The number of carbonyl (C=O) groups is 2. The van der Waals surface area contributed by atoms with Crippen molar-refractivity contribution in [1.29, 1.82) is 0 Å². The molecule has 2 N–H and O–H groups in total. The first kappa shape index (κ1) is 21.4. The summed E-state index contributed by atoms with van der Waals surface area (Å²) in [6.45, 7) is 0. The van der Waals surface area contributed by atoms with E-state index in [4.69, 9.17) is 9.47 Å². The predicted octanol–water partition coefficient (Wildman–Crippen LogP) is 2.48. The first-order valence-corrected chi connectivity index (χ1v) is 8.51. The summed E-state index contributed by atoms with van der Waals surface area (Å²) in [4.78, 5) is 33.8. The molecule has 0 saturated heterocycles. The maximum atomic E-state index is 11.9. The lowest BCUT2D eigenvalue weighted by molar-refractivity contribution is -0.384. The highest BCUT2D eigenvalue weighted by molar-refractivity contribution is 5.93. The van der Waals surface area contributed by atoms with Gasteiger partial charge in [0.05, 0.1) is 25.4 Å². The first-order valence-electron chi connectivity index (χ1n) is 8.51. The summed E-state index contributed by atoms with van der Waals surface area (Å²) in [5.74, 6) is 0.328. The number of hydrogen-bond donors (Lipinski definition) is 2. The van der Waals surface area contributed by atoms with Crippen molar-refractivity contribution in [2.24, 2.45) is 5.10 Å². The Balaban J connectivity index is 1.80. The van der Waals surface area contributed by atoms with E-state index in [0.29, 0.717) is 22.7 Å². The van der Waals surface area contributed by atoms with Gasteiger partial charge in [-0.3, -0.25) is 19.7 Å². The number of benzene rings is 2. The van der Waals surface area contributed by atoms with E-state index in [1.54, 1.807) is 25.3 Å².